The Kier molecular flexibility index (Phi) is 12.9. The van der Waals surface area contributed by atoms with E-state index in [9.17, 15) is 31.5 Å². The number of aromatic nitrogens is 1. The van der Waals surface area contributed by atoms with E-state index >= 15 is 0 Å². The van der Waals surface area contributed by atoms with Crippen molar-refractivity contribution >= 4 is 41.5 Å². The maximum absolute atomic E-state index is 13.5. The van der Waals surface area contributed by atoms with Crippen LogP contribution < -0.4 is 9.46 Å². The van der Waals surface area contributed by atoms with Gasteiger partial charge in [0.2, 0.25) is 0 Å². The molecule has 1 aromatic heterocycles. The van der Waals surface area contributed by atoms with Crippen LogP contribution in [0, 0.1) is 5.41 Å². The molecule has 0 bridgehead atoms. The number of thiazole rings is 1. The van der Waals surface area contributed by atoms with E-state index in [0.717, 1.165) is 17.7 Å². The lowest BCUT2D eigenvalue weighted by Crippen LogP contribution is -2.68. The minimum atomic E-state index is -4.43. The number of amides is 1. The number of halogens is 3. The maximum Gasteiger partial charge on any atom is 0.416 e. The van der Waals surface area contributed by atoms with Crippen LogP contribution in [0.2, 0.25) is 18.1 Å². The first-order valence-corrected chi connectivity index (χ1v) is 25.4. The number of nitrogens with zero attached hydrogens (tertiary/aromatic N) is 2. The highest BCUT2D eigenvalue weighted by atomic mass is 32.2. The summed E-state index contributed by atoms with van der Waals surface area (Å²) in [6.07, 6.45) is -4.42. The Morgan fingerprint density at radius 2 is 1.52 bits per heavy atom. The molecule has 1 aliphatic rings. The second kappa shape index (κ2) is 17.2. The number of benzene rings is 4. The molecule has 4 aromatic carbocycles. The van der Waals surface area contributed by atoms with E-state index in [1.807, 2.05) is 42.5 Å². The van der Waals surface area contributed by atoms with Gasteiger partial charge in [-0.05, 0) is 96.9 Å². The Labute approximate surface area is 362 Å². The Bertz CT molecular complexity index is 2400. The fourth-order valence-corrected chi connectivity index (χ4v) is 11.1. The third kappa shape index (κ3) is 10.0. The average molecular weight is 894 g/mol. The Morgan fingerprint density at radius 1 is 0.918 bits per heavy atom. The molecule has 15 heteroatoms. The van der Waals surface area contributed by atoms with E-state index in [1.165, 1.54) is 35.6 Å². The number of carboxylic acid groups (broad SMARTS) is 1. The molecule has 5 aromatic rings. The number of rotatable bonds is 13. The molecule has 1 saturated heterocycles. The second-order valence-electron chi connectivity index (χ2n) is 18.2. The van der Waals surface area contributed by atoms with Crippen LogP contribution in [0.5, 0.6) is 5.75 Å². The number of para-hydroxylation sites is 1. The molecule has 3 atom stereocenters. The van der Waals surface area contributed by atoms with Crippen molar-refractivity contribution in [3.05, 3.63) is 120 Å². The predicted molar refractivity (Wildman–Crippen MR) is 238 cm³/mol. The molecule has 326 valence electrons. The van der Waals surface area contributed by atoms with Gasteiger partial charge in [0.05, 0.1) is 21.7 Å². The summed E-state index contributed by atoms with van der Waals surface area (Å²) < 4.78 is 82.1. The van der Waals surface area contributed by atoms with Crippen LogP contribution >= 0.6 is 11.3 Å². The molecule has 1 fully saturated rings. The molecule has 1 amide bonds. The van der Waals surface area contributed by atoms with Crippen molar-refractivity contribution in [3.63, 3.8) is 0 Å². The molecule has 0 radical (unpaired) electrons. The monoisotopic (exact) mass is 893 g/mol. The number of ether oxygens (including phenoxy) is 1. The number of alkyl halides is 3. The van der Waals surface area contributed by atoms with Gasteiger partial charge >= 0.3 is 12.3 Å². The molecule has 0 aliphatic carbocycles. The average Bonchev–Trinajstić information content (AvgIpc) is 3.84. The van der Waals surface area contributed by atoms with Crippen LogP contribution in [0.3, 0.4) is 0 Å². The number of hydrogen-bond donors (Lipinski definition) is 2. The Hall–Kier alpha value is -4.70. The van der Waals surface area contributed by atoms with E-state index < -0.39 is 53.2 Å². The Balaban J connectivity index is 1.17. The zero-order valence-corrected chi connectivity index (χ0v) is 38.3. The summed E-state index contributed by atoms with van der Waals surface area (Å²) in [7, 11) is -6.41. The number of likely N-dealkylation sites (tertiary alicyclic amines) is 1. The number of sulfonamides is 1. The zero-order valence-electron chi connectivity index (χ0n) is 35.7. The summed E-state index contributed by atoms with van der Waals surface area (Å²) >= 11 is 1.30. The van der Waals surface area contributed by atoms with Crippen LogP contribution in [0.1, 0.15) is 65.5 Å². The SMILES string of the molecule is CC(C)(C)[C@@]1([C@@H](COc2ccccc2)O[Si](C)(C)C(C)(C)C)CC[C@@H](Cc2ccc(NS(=O)(=O)c3ccc(-c4nc(-c5ccc(C(F)(F)F)cc5)cs4)cc3)cc2)N1C(=O)O. The van der Waals surface area contributed by atoms with Crippen molar-refractivity contribution in [2.75, 3.05) is 11.3 Å². The minimum absolute atomic E-state index is 0.0344. The molecule has 1 aliphatic heterocycles. The minimum Gasteiger partial charge on any atom is -0.491 e. The van der Waals surface area contributed by atoms with Gasteiger partial charge in [0.15, 0.2) is 8.32 Å². The summed E-state index contributed by atoms with van der Waals surface area (Å²) in [5.74, 6) is 0.686. The topological polar surface area (TPSA) is 118 Å². The van der Waals surface area contributed by atoms with Crippen molar-refractivity contribution in [2.45, 2.75) is 108 Å². The highest BCUT2D eigenvalue weighted by Crippen LogP contribution is 2.52. The lowest BCUT2D eigenvalue weighted by atomic mass is 9.68. The van der Waals surface area contributed by atoms with Gasteiger partial charge < -0.3 is 14.3 Å². The lowest BCUT2D eigenvalue weighted by molar-refractivity contribution is -0.137. The largest absolute Gasteiger partial charge is 0.491 e. The zero-order chi connectivity index (χ0) is 44.6. The molecule has 2 N–H and O–H groups in total. The standard InChI is InChI=1S/C46H54F3N3O6S2Si/c1-43(2,3)45(40(58-61(7,8)44(4,5)6)29-57-37-12-10-9-11-13-37)27-26-36(52(45)42(53)54)28-31-14-22-35(23-15-31)51-60(55,56)38-24-18-33(19-25-38)41-50-39(30-59-41)32-16-20-34(21-17-32)46(47,48)49/h9-25,30,36,40,51H,26-29H2,1-8H3,(H,53,54)/t36-,40+,45-/m0/s1. The quantitative estimate of drug-likeness (QED) is 0.113. The lowest BCUT2D eigenvalue weighted by Gasteiger charge is -2.54. The highest BCUT2D eigenvalue weighted by molar-refractivity contribution is 7.92. The predicted octanol–water partition coefficient (Wildman–Crippen LogP) is 12.2. The van der Waals surface area contributed by atoms with Crippen molar-refractivity contribution in [1.82, 2.24) is 9.88 Å². The Morgan fingerprint density at radius 3 is 2.08 bits per heavy atom. The second-order valence-corrected chi connectivity index (χ2v) is 25.5. The summed E-state index contributed by atoms with van der Waals surface area (Å²) in [6.45, 7) is 17.3. The van der Waals surface area contributed by atoms with Gasteiger partial charge in [-0.1, -0.05) is 96.1 Å². The number of nitrogens with one attached hydrogen (secondary N) is 1. The van der Waals surface area contributed by atoms with Gasteiger partial charge in [0.1, 0.15) is 23.5 Å². The van der Waals surface area contributed by atoms with Crippen molar-refractivity contribution in [3.8, 4) is 27.6 Å². The highest BCUT2D eigenvalue weighted by Gasteiger charge is 2.61. The molecule has 0 saturated carbocycles. The van der Waals surface area contributed by atoms with Crippen LogP contribution in [0.25, 0.3) is 21.8 Å². The van der Waals surface area contributed by atoms with E-state index in [1.54, 1.807) is 34.5 Å². The molecule has 6 rings (SSSR count). The first-order chi connectivity index (χ1) is 28.4. The van der Waals surface area contributed by atoms with E-state index in [0.29, 0.717) is 52.5 Å². The summed E-state index contributed by atoms with van der Waals surface area (Å²) in [5.41, 5.74) is 0.714. The van der Waals surface area contributed by atoms with E-state index in [-0.39, 0.29) is 22.6 Å². The van der Waals surface area contributed by atoms with Gasteiger partial charge in [0, 0.05) is 28.2 Å². The van der Waals surface area contributed by atoms with Crippen molar-refractivity contribution < 1.29 is 40.7 Å². The normalized spacial score (nSPS) is 18.2. The fourth-order valence-electron chi connectivity index (χ4n) is 7.85. The van der Waals surface area contributed by atoms with Crippen LogP contribution in [0.15, 0.2) is 113 Å². The van der Waals surface area contributed by atoms with Crippen LogP contribution in [-0.4, -0.2) is 62.1 Å². The summed E-state index contributed by atoms with van der Waals surface area (Å²) in [4.78, 5) is 19.7. The van der Waals surface area contributed by atoms with Gasteiger partial charge in [0.25, 0.3) is 10.0 Å². The van der Waals surface area contributed by atoms with Crippen LogP contribution in [0.4, 0.5) is 23.7 Å². The number of hydrogen-bond acceptors (Lipinski definition) is 7. The van der Waals surface area contributed by atoms with E-state index in [2.05, 4.69) is 64.3 Å². The van der Waals surface area contributed by atoms with Gasteiger partial charge in [-0.3, -0.25) is 9.62 Å². The third-order valence-electron chi connectivity index (χ3n) is 12.2. The van der Waals surface area contributed by atoms with E-state index in [4.69, 9.17) is 9.16 Å². The molecular weight excluding hydrogens is 840 g/mol. The first-order valence-electron chi connectivity index (χ1n) is 20.1. The molecule has 0 spiro atoms. The van der Waals surface area contributed by atoms with Gasteiger partial charge in [-0.25, -0.2) is 18.2 Å². The molecule has 2 heterocycles. The summed E-state index contributed by atoms with van der Waals surface area (Å²) in [6, 6.07) is 27.1. The molecule has 0 unspecified atom stereocenters. The van der Waals surface area contributed by atoms with Gasteiger partial charge in [-0.15, -0.1) is 11.3 Å². The molecule has 61 heavy (non-hydrogen) atoms. The van der Waals surface area contributed by atoms with Crippen LogP contribution in [-0.2, 0) is 27.0 Å². The third-order valence-corrected chi connectivity index (χ3v) is 19.0. The number of carbonyl (C=O) groups is 1. The number of anilines is 1. The van der Waals surface area contributed by atoms with Gasteiger partial charge in [-0.2, -0.15) is 13.2 Å². The fraction of sp³-hybridized carbons (Fsp3) is 0.391. The van der Waals surface area contributed by atoms with Crippen molar-refractivity contribution in [2.24, 2.45) is 5.41 Å². The smallest absolute Gasteiger partial charge is 0.416 e. The summed E-state index contributed by atoms with van der Waals surface area (Å²) in [5, 5.41) is 13.2. The first kappa shape index (κ1) is 45.8. The molecule has 9 nitrogen and oxygen atoms in total. The molecular formula is C46H54F3N3O6S2Si. The maximum atomic E-state index is 13.5. The van der Waals surface area contributed by atoms with Crippen molar-refractivity contribution in [1.29, 1.82) is 0 Å².